The Labute approximate surface area is 112 Å². The van der Waals surface area contributed by atoms with Crippen LogP contribution in [0.5, 0.6) is 0 Å². The molecule has 0 aliphatic heterocycles. The standard InChI is InChI=1S/C13H19N3O3/c1-3-15(4-2)13(19)16(9-12(17)18)11-8-6-5-7-10(11)14/h5-8H,3-4,9,14H2,1-2H3,(H,17,18). The quantitative estimate of drug-likeness (QED) is 0.792. The molecular formula is C13H19N3O3. The van der Waals surface area contributed by atoms with E-state index in [1.807, 2.05) is 13.8 Å². The first kappa shape index (κ1) is 14.8. The lowest BCUT2D eigenvalue weighted by Crippen LogP contribution is -2.45. The average molecular weight is 265 g/mol. The van der Waals surface area contributed by atoms with E-state index in [0.29, 0.717) is 24.5 Å². The number of nitrogen functional groups attached to an aromatic ring is 1. The van der Waals surface area contributed by atoms with Gasteiger partial charge in [0, 0.05) is 13.1 Å². The van der Waals surface area contributed by atoms with Crippen LogP contribution in [0.3, 0.4) is 0 Å². The van der Waals surface area contributed by atoms with E-state index in [1.54, 1.807) is 29.2 Å². The zero-order chi connectivity index (χ0) is 14.4. The van der Waals surface area contributed by atoms with Gasteiger partial charge in [0.25, 0.3) is 0 Å². The van der Waals surface area contributed by atoms with Crippen LogP contribution >= 0.6 is 0 Å². The van der Waals surface area contributed by atoms with Crippen LogP contribution in [-0.4, -0.2) is 41.6 Å². The summed E-state index contributed by atoms with van der Waals surface area (Å²) < 4.78 is 0. The molecular weight excluding hydrogens is 246 g/mol. The number of para-hydroxylation sites is 2. The Morgan fingerprint density at radius 1 is 1.21 bits per heavy atom. The Hall–Kier alpha value is -2.24. The number of carboxylic acids is 1. The largest absolute Gasteiger partial charge is 0.480 e. The smallest absolute Gasteiger partial charge is 0.325 e. The summed E-state index contributed by atoms with van der Waals surface area (Å²) in [4.78, 5) is 26.0. The summed E-state index contributed by atoms with van der Waals surface area (Å²) in [6.07, 6.45) is 0. The minimum atomic E-state index is -1.08. The molecule has 0 saturated carbocycles. The van der Waals surface area contributed by atoms with E-state index in [2.05, 4.69) is 0 Å². The molecule has 104 valence electrons. The molecule has 0 atom stereocenters. The van der Waals surface area contributed by atoms with Gasteiger partial charge in [0.1, 0.15) is 6.54 Å². The Bertz CT molecular complexity index is 458. The highest BCUT2D eigenvalue weighted by Crippen LogP contribution is 2.23. The van der Waals surface area contributed by atoms with Crippen LogP contribution in [0.15, 0.2) is 24.3 Å². The Morgan fingerprint density at radius 2 is 1.79 bits per heavy atom. The summed E-state index contributed by atoms with van der Waals surface area (Å²) in [6, 6.07) is 6.38. The summed E-state index contributed by atoms with van der Waals surface area (Å²) in [6.45, 7) is 4.29. The molecule has 19 heavy (non-hydrogen) atoms. The van der Waals surface area contributed by atoms with Crippen molar-refractivity contribution in [3.63, 3.8) is 0 Å². The van der Waals surface area contributed by atoms with Crippen LogP contribution in [0, 0.1) is 0 Å². The molecule has 0 unspecified atom stereocenters. The second kappa shape index (κ2) is 6.63. The Kier molecular flexibility index (Phi) is 5.17. The number of hydrogen-bond acceptors (Lipinski definition) is 3. The summed E-state index contributed by atoms with van der Waals surface area (Å²) in [5, 5.41) is 8.96. The highest BCUT2D eigenvalue weighted by molar-refractivity contribution is 5.98. The predicted molar refractivity (Wildman–Crippen MR) is 74.2 cm³/mol. The zero-order valence-corrected chi connectivity index (χ0v) is 11.2. The lowest BCUT2D eigenvalue weighted by atomic mass is 10.2. The molecule has 2 amide bonds. The fraction of sp³-hybridized carbons (Fsp3) is 0.385. The third-order valence-electron chi connectivity index (χ3n) is 2.79. The number of rotatable bonds is 5. The van der Waals surface area contributed by atoms with Gasteiger partial charge in [0.05, 0.1) is 11.4 Å². The molecule has 0 aliphatic rings. The molecule has 0 bridgehead atoms. The van der Waals surface area contributed by atoms with Gasteiger partial charge in [-0.05, 0) is 26.0 Å². The topological polar surface area (TPSA) is 86.9 Å². The van der Waals surface area contributed by atoms with Crippen LogP contribution < -0.4 is 10.6 Å². The van der Waals surface area contributed by atoms with Crippen molar-refractivity contribution in [2.24, 2.45) is 0 Å². The molecule has 0 saturated heterocycles. The number of carbonyl (C=O) groups is 2. The normalized spacial score (nSPS) is 10.0. The number of carboxylic acid groups (broad SMARTS) is 1. The second-order valence-corrected chi connectivity index (χ2v) is 3.99. The maximum absolute atomic E-state index is 12.3. The first-order valence-corrected chi connectivity index (χ1v) is 6.14. The summed E-state index contributed by atoms with van der Waals surface area (Å²) in [5.74, 6) is -1.08. The van der Waals surface area contributed by atoms with E-state index in [4.69, 9.17) is 10.8 Å². The maximum atomic E-state index is 12.3. The van der Waals surface area contributed by atoms with Crippen molar-refractivity contribution < 1.29 is 14.7 Å². The number of anilines is 2. The third kappa shape index (κ3) is 3.61. The predicted octanol–water partition coefficient (Wildman–Crippen LogP) is 1.62. The Morgan fingerprint density at radius 3 is 2.26 bits per heavy atom. The van der Waals surface area contributed by atoms with Gasteiger partial charge in [-0.1, -0.05) is 12.1 Å². The molecule has 0 radical (unpaired) electrons. The van der Waals surface area contributed by atoms with Gasteiger partial charge in [-0.25, -0.2) is 4.79 Å². The summed E-state index contributed by atoms with van der Waals surface area (Å²) in [7, 11) is 0. The fourth-order valence-electron chi connectivity index (χ4n) is 1.79. The van der Waals surface area contributed by atoms with Crippen molar-refractivity contribution in [3.8, 4) is 0 Å². The molecule has 1 rings (SSSR count). The fourth-order valence-corrected chi connectivity index (χ4v) is 1.79. The maximum Gasteiger partial charge on any atom is 0.325 e. The molecule has 0 spiro atoms. The zero-order valence-electron chi connectivity index (χ0n) is 11.2. The highest BCUT2D eigenvalue weighted by Gasteiger charge is 2.23. The van der Waals surface area contributed by atoms with E-state index < -0.39 is 12.5 Å². The first-order valence-electron chi connectivity index (χ1n) is 6.14. The van der Waals surface area contributed by atoms with E-state index in [0.717, 1.165) is 0 Å². The lowest BCUT2D eigenvalue weighted by Gasteiger charge is -2.28. The number of urea groups is 1. The number of amides is 2. The van der Waals surface area contributed by atoms with Crippen LogP contribution in [0.1, 0.15) is 13.8 Å². The molecule has 6 nitrogen and oxygen atoms in total. The van der Waals surface area contributed by atoms with Crippen LogP contribution in [-0.2, 0) is 4.79 Å². The first-order chi connectivity index (χ1) is 9.01. The molecule has 6 heteroatoms. The van der Waals surface area contributed by atoms with E-state index >= 15 is 0 Å². The van der Waals surface area contributed by atoms with Crippen LogP contribution in [0.2, 0.25) is 0 Å². The number of hydrogen-bond donors (Lipinski definition) is 2. The van der Waals surface area contributed by atoms with Crippen molar-refractivity contribution in [2.75, 3.05) is 30.3 Å². The molecule has 3 N–H and O–H groups in total. The minimum Gasteiger partial charge on any atom is -0.480 e. The minimum absolute atomic E-state index is 0.356. The summed E-state index contributed by atoms with van der Waals surface area (Å²) in [5.41, 5.74) is 6.61. The van der Waals surface area contributed by atoms with Gasteiger partial charge in [0.2, 0.25) is 0 Å². The number of carbonyl (C=O) groups excluding carboxylic acids is 1. The van der Waals surface area contributed by atoms with Crippen LogP contribution in [0.25, 0.3) is 0 Å². The molecule has 0 aromatic heterocycles. The monoisotopic (exact) mass is 265 g/mol. The number of nitrogens with zero attached hydrogens (tertiary/aromatic N) is 2. The van der Waals surface area contributed by atoms with Gasteiger partial charge in [0.15, 0.2) is 0 Å². The van der Waals surface area contributed by atoms with Gasteiger partial charge in [-0.2, -0.15) is 0 Å². The second-order valence-electron chi connectivity index (χ2n) is 3.99. The van der Waals surface area contributed by atoms with Crippen molar-refractivity contribution in [1.82, 2.24) is 4.90 Å². The molecule has 0 fully saturated rings. The average Bonchev–Trinajstić information content (AvgIpc) is 2.38. The summed E-state index contributed by atoms with van der Waals surface area (Å²) >= 11 is 0. The number of aliphatic carboxylic acids is 1. The number of nitrogens with two attached hydrogens (primary N) is 1. The molecule has 0 aliphatic carbocycles. The van der Waals surface area contributed by atoms with Gasteiger partial charge in [-0.3, -0.25) is 9.69 Å². The van der Waals surface area contributed by atoms with Crippen molar-refractivity contribution in [2.45, 2.75) is 13.8 Å². The third-order valence-corrected chi connectivity index (χ3v) is 2.79. The van der Waals surface area contributed by atoms with Crippen molar-refractivity contribution in [3.05, 3.63) is 24.3 Å². The van der Waals surface area contributed by atoms with Gasteiger partial charge < -0.3 is 15.7 Å². The highest BCUT2D eigenvalue weighted by atomic mass is 16.4. The van der Waals surface area contributed by atoms with Crippen molar-refractivity contribution >= 4 is 23.4 Å². The number of benzene rings is 1. The molecule has 1 aromatic carbocycles. The van der Waals surface area contributed by atoms with E-state index in [-0.39, 0.29) is 6.03 Å². The molecule has 1 aromatic rings. The van der Waals surface area contributed by atoms with E-state index in [9.17, 15) is 9.59 Å². The Balaban J connectivity index is 3.11. The van der Waals surface area contributed by atoms with Crippen LogP contribution in [0.4, 0.5) is 16.2 Å². The van der Waals surface area contributed by atoms with Gasteiger partial charge >= 0.3 is 12.0 Å². The lowest BCUT2D eigenvalue weighted by molar-refractivity contribution is -0.135. The molecule has 0 heterocycles. The van der Waals surface area contributed by atoms with Crippen molar-refractivity contribution in [1.29, 1.82) is 0 Å². The SMILES string of the molecule is CCN(CC)C(=O)N(CC(=O)O)c1ccccc1N. The van der Waals surface area contributed by atoms with E-state index in [1.165, 1.54) is 4.90 Å². The van der Waals surface area contributed by atoms with Gasteiger partial charge in [-0.15, -0.1) is 0 Å².